The molecule has 35 heavy (non-hydrogen) atoms. The Kier molecular flexibility index (Phi) is 5.37. The maximum absolute atomic E-state index is 13.5. The van der Waals surface area contributed by atoms with Crippen molar-refractivity contribution in [3.63, 3.8) is 0 Å². The van der Waals surface area contributed by atoms with E-state index in [0.717, 1.165) is 23.2 Å². The molecule has 6 rings (SSSR count). The van der Waals surface area contributed by atoms with Gasteiger partial charge in [0.25, 0.3) is 5.56 Å². The summed E-state index contributed by atoms with van der Waals surface area (Å²) in [5.74, 6) is 0.753. The fourth-order valence-electron chi connectivity index (χ4n) is 4.73. The first-order valence-electron chi connectivity index (χ1n) is 11.5. The zero-order valence-corrected chi connectivity index (χ0v) is 20.0. The van der Waals surface area contributed by atoms with Crippen molar-refractivity contribution >= 4 is 34.3 Å². The third kappa shape index (κ3) is 3.70. The standard InChI is InChI=1S/C27H23N5O2S/c1-18-8-2-6-12-22(18)31-25(34)21-11-5-7-13-23(21)32-26(31)28-29-27(32)35-17-24(33)30-15-14-19-9-3-4-10-20(19)16-30/h2-13H,14-17H2,1H3. The number of para-hydroxylation sites is 2. The van der Waals surface area contributed by atoms with E-state index in [1.54, 1.807) is 4.57 Å². The number of carbonyl (C=O) groups is 1. The van der Waals surface area contributed by atoms with E-state index in [0.29, 0.717) is 29.4 Å². The molecule has 0 saturated heterocycles. The normalized spacial score (nSPS) is 13.3. The fraction of sp³-hybridized carbons (Fsp3) is 0.185. The Morgan fingerprint density at radius 2 is 1.69 bits per heavy atom. The molecule has 0 aliphatic carbocycles. The lowest BCUT2D eigenvalue weighted by Gasteiger charge is -2.28. The highest BCUT2D eigenvalue weighted by molar-refractivity contribution is 7.99. The van der Waals surface area contributed by atoms with Gasteiger partial charge in [-0.1, -0.05) is 66.4 Å². The van der Waals surface area contributed by atoms with Gasteiger partial charge in [-0.25, -0.2) is 4.57 Å². The molecule has 0 radical (unpaired) electrons. The van der Waals surface area contributed by atoms with Crippen LogP contribution in [0.4, 0.5) is 0 Å². The number of rotatable bonds is 4. The first-order chi connectivity index (χ1) is 17.1. The number of hydrogen-bond acceptors (Lipinski definition) is 5. The number of benzene rings is 3. The molecule has 0 unspecified atom stereocenters. The number of carbonyl (C=O) groups excluding carboxylic acids is 1. The number of nitrogens with zero attached hydrogens (tertiary/aromatic N) is 5. The Hall–Kier alpha value is -3.91. The molecule has 1 amide bonds. The van der Waals surface area contributed by atoms with E-state index in [-0.39, 0.29) is 17.2 Å². The summed E-state index contributed by atoms with van der Waals surface area (Å²) in [6.45, 7) is 3.31. The molecule has 2 aromatic heterocycles. The molecule has 0 saturated carbocycles. The zero-order chi connectivity index (χ0) is 23.9. The second-order valence-electron chi connectivity index (χ2n) is 8.68. The van der Waals surface area contributed by atoms with Gasteiger partial charge in [-0.2, -0.15) is 0 Å². The Bertz CT molecular complexity index is 1660. The third-order valence-electron chi connectivity index (χ3n) is 6.56. The molecule has 5 aromatic rings. The van der Waals surface area contributed by atoms with Gasteiger partial charge in [0.15, 0.2) is 5.16 Å². The number of fused-ring (bicyclic) bond motifs is 4. The lowest BCUT2D eigenvalue weighted by molar-refractivity contribution is -0.129. The quantitative estimate of drug-likeness (QED) is 0.363. The molecule has 0 bridgehead atoms. The molecule has 3 heterocycles. The Labute approximate surface area is 206 Å². The Morgan fingerprint density at radius 3 is 2.54 bits per heavy atom. The predicted octanol–water partition coefficient (Wildman–Crippen LogP) is 4.02. The van der Waals surface area contributed by atoms with Crippen LogP contribution in [0.25, 0.3) is 22.4 Å². The number of thioether (sulfide) groups is 1. The first-order valence-corrected chi connectivity index (χ1v) is 12.5. The van der Waals surface area contributed by atoms with Crippen molar-refractivity contribution in [2.24, 2.45) is 0 Å². The molecule has 174 valence electrons. The van der Waals surface area contributed by atoms with Gasteiger partial charge in [-0.3, -0.25) is 14.0 Å². The molecule has 7 nitrogen and oxygen atoms in total. The SMILES string of the molecule is Cc1ccccc1-n1c(=O)c2ccccc2n2c(SCC(=O)N3CCc4ccccc4C3)nnc12. The molecular formula is C27H23N5O2S. The lowest BCUT2D eigenvalue weighted by Crippen LogP contribution is -2.37. The smallest absolute Gasteiger partial charge is 0.267 e. The van der Waals surface area contributed by atoms with E-state index in [2.05, 4.69) is 22.3 Å². The molecule has 8 heteroatoms. The molecule has 3 aromatic carbocycles. The second kappa shape index (κ2) is 8.70. The van der Waals surface area contributed by atoms with Gasteiger partial charge in [0.1, 0.15) is 0 Å². The van der Waals surface area contributed by atoms with E-state index < -0.39 is 0 Å². The Morgan fingerprint density at radius 1 is 0.943 bits per heavy atom. The topological polar surface area (TPSA) is 72.5 Å². The summed E-state index contributed by atoms with van der Waals surface area (Å²) in [5.41, 5.74) is 4.83. The van der Waals surface area contributed by atoms with Crippen molar-refractivity contribution < 1.29 is 4.79 Å². The molecular weight excluding hydrogens is 458 g/mol. The summed E-state index contributed by atoms with van der Waals surface area (Å²) in [4.78, 5) is 28.5. The second-order valence-corrected chi connectivity index (χ2v) is 9.63. The van der Waals surface area contributed by atoms with E-state index in [1.807, 2.05) is 76.9 Å². The van der Waals surface area contributed by atoms with Crippen molar-refractivity contribution in [1.29, 1.82) is 0 Å². The lowest BCUT2D eigenvalue weighted by atomic mass is 10.00. The number of aryl methyl sites for hydroxylation is 1. The summed E-state index contributed by atoms with van der Waals surface area (Å²) in [5, 5.41) is 9.96. The molecule has 0 spiro atoms. The van der Waals surface area contributed by atoms with Crippen LogP contribution < -0.4 is 5.56 Å². The molecule has 1 aliphatic heterocycles. The molecule has 0 N–H and O–H groups in total. The average Bonchev–Trinajstić information content (AvgIpc) is 3.32. The van der Waals surface area contributed by atoms with Crippen LogP contribution in [-0.4, -0.2) is 42.3 Å². The monoisotopic (exact) mass is 481 g/mol. The van der Waals surface area contributed by atoms with Crippen LogP contribution in [0.5, 0.6) is 0 Å². The van der Waals surface area contributed by atoms with Crippen molar-refractivity contribution in [3.8, 4) is 5.69 Å². The van der Waals surface area contributed by atoms with Crippen LogP contribution in [0.15, 0.2) is 82.7 Å². The summed E-state index contributed by atoms with van der Waals surface area (Å²) in [6.07, 6.45) is 0.869. The summed E-state index contributed by atoms with van der Waals surface area (Å²) in [6, 6.07) is 23.5. The van der Waals surface area contributed by atoms with Gasteiger partial charge in [-0.15, -0.1) is 10.2 Å². The summed E-state index contributed by atoms with van der Waals surface area (Å²) >= 11 is 1.35. The minimum Gasteiger partial charge on any atom is -0.337 e. The van der Waals surface area contributed by atoms with Crippen molar-refractivity contribution in [3.05, 3.63) is 99.8 Å². The molecule has 0 fully saturated rings. The predicted molar refractivity (Wildman–Crippen MR) is 137 cm³/mol. The van der Waals surface area contributed by atoms with E-state index >= 15 is 0 Å². The first kappa shape index (κ1) is 21.6. The van der Waals surface area contributed by atoms with E-state index in [1.165, 1.54) is 22.9 Å². The maximum Gasteiger partial charge on any atom is 0.267 e. The van der Waals surface area contributed by atoms with Crippen LogP contribution >= 0.6 is 11.8 Å². The van der Waals surface area contributed by atoms with Gasteiger partial charge < -0.3 is 4.90 Å². The molecule has 0 atom stereocenters. The van der Waals surface area contributed by atoms with Crippen LogP contribution in [-0.2, 0) is 17.8 Å². The number of amides is 1. The van der Waals surface area contributed by atoms with Crippen LogP contribution in [0.3, 0.4) is 0 Å². The highest BCUT2D eigenvalue weighted by Gasteiger charge is 2.23. The zero-order valence-electron chi connectivity index (χ0n) is 19.2. The van der Waals surface area contributed by atoms with Gasteiger partial charge in [-0.05, 0) is 48.2 Å². The number of aromatic nitrogens is 4. The Balaban J connectivity index is 1.38. The largest absolute Gasteiger partial charge is 0.337 e. The van der Waals surface area contributed by atoms with E-state index in [9.17, 15) is 9.59 Å². The van der Waals surface area contributed by atoms with Gasteiger partial charge in [0, 0.05) is 13.1 Å². The molecule has 1 aliphatic rings. The number of hydrogen-bond donors (Lipinski definition) is 0. The van der Waals surface area contributed by atoms with Gasteiger partial charge in [0.05, 0.1) is 22.3 Å². The van der Waals surface area contributed by atoms with Gasteiger partial charge >= 0.3 is 0 Å². The minimum atomic E-state index is -0.144. The van der Waals surface area contributed by atoms with Crippen LogP contribution in [0, 0.1) is 6.92 Å². The summed E-state index contributed by atoms with van der Waals surface area (Å²) < 4.78 is 3.49. The van der Waals surface area contributed by atoms with Crippen molar-refractivity contribution in [1.82, 2.24) is 24.1 Å². The van der Waals surface area contributed by atoms with Crippen LogP contribution in [0.2, 0.25) is 0 Å². The summed E-state index contributed by atoms with van der Waals surface area (Å²) in [7, 11) is 0. The fourth-order valence-corrected chi connectivity index (χ4v) is 5.57. The highest BCUT2D eigenvalue weighted by atomic mass is 32.2. The van der Waals surface area contributed by atoms with Crippen molar-refractivity contribution in [2.45, 2.75) is 25.0 Å². The highest BCUT2D eigenvalue weighted by Crippen LogP contribution is 2.25. The van der Waals surface area contributed by atoms with Crippen molar-refractivity contribution in [2.75, 3.05) is 12.3 Å². The minimum absolute atomic E-state index is 0.0674. The average molecular weight is 482 g/mol. The third-order valence-corrected chi connectivity index (χ3v) is 7.47. The van der Waals surface area contributed by atoms with Gasteiger partial charge in [0.2, 0.25) is 11.7 Å². The van der Waals surface area contributed by atoms with E-state index in [4.69, 9.17) is 0 Å². The maximum atomic E-state index is 13.5. The van der Waals surface area contributed by atoms with Crippen LogP contribution in [0.1, 0.15) is 16.7 Å².